The molecule has 1 heterocycles. The van der Waals surface area contributed by atoms with Crippen molar-refractivity contribution >= 4 is 22.8 Å². The van der Waals surface area contributed by atoms with Crippen molar-refractivity contribution in [3.05, 3.63) is 52.2 Å². The fourth-order valence-corrected chi connectivity index (χ4v) is 2.96. The van der Waals surface area contributed by atoms with Crippen LogP contribution in [-0.4, -0.2) is 20.1 Å². The number of hydrogen-bond donors (Lipinski definition) is 1. The summed E-state index contributed by atoms with van der Waals surface area (Å²) >= 11 is 0. The predicted molar refractivity (Wildman–Crippen MR) is 109 cm³/mol. The molecular formula is C22H23NO5. The zero-order valence-electron chi connectivity index (χ0n) is 16.6. The van der Waals surface area contributed by atoms with Crippen LogP contribution in [0.3, 0.4) is 0 Å². The number of amides is 1. The average molecular weight is 381 g/mol. The molecule has 0 saturated carbocycles. The summed E-state index contributed by atoms with van der Waals surface area (Å²) in [5, 5.41) is 3.21. The Morgan fingerprint density at radius 1 is 1.07 bits per heavy atom. The molecule has 0 unspecified atom stereocenters. The number of methoxy groups -OCH3 is 2. The van der Waals surface area contributed by atoms with E-state index in [1.54, 1.807) is 51.3 Å². The maximum atomic E-state index is 13.3. The van der Waals surface area contributed by atoms with E-state index in [0.717, 1.165) is 5.56 Å². The van der Waals surface area contributed by atoms with Gasteiger partial charge in [-0.3, -0.25) is 14.9 Å². The van der Waals surface area contributed by atoms with Gasteiger partial charge in [0.25, 0.3) is 0 Å². The summed E-state index contributed by atoms with van der Waals surface area (Å²) in [6, 6.07) is 10.5. The lowest BCUT2D eigenvalue weighted by Gasteiger charge is -2.15. The van der Waals surface area contributed by atoms with E-state index in [-0.39, 0.29) is 28.7 Å². The fraction of sp³-hybridized carbons (Fsp3) is 0.273. The number of anilines is 1. The van der Waals surface area contributed by atoms with Gasteiger partial charge < -0.3 is 13.9 Å². The lowest BCUT2D eigenvalue weighted by atomic mass is 10.0. The molecule has 2 aromatic carbocycles. The molecule has 146 valence electrons. The van der Waals surface area contributed by atoms with Gasteiger partial charge in [-0.2, -0.15) is 0 Å². The quantitative estimate of drug-likeness (QED) is 0.710. The van der Waals surface area contributed by atoms with Gasteiger partial charge in [-0.1, -0.05) is 32.0 Å². The first-order chi connectivity index (χ1) is 13.4. The number of carbonyl (C=O) groups excluding carboxylic acids is 1. The molecule has 0 aliphatic heterocycles. The van der Waals surface area contributed by atoms with Crippen molar-refractivity contribution in [3.63, 3.8) is 0 Å². The molecule has 6 nitrogen and oxygen atoms in total. The molecule has 0 aliphatic carbocycles. The van der Waals surface area contributed by atoms with Crippen LogP contribution in [0.2, 0.25) is 0 Å². The van der Waals surface area contributed by atoms with Gasteiger partial charge >= 0.3 is 0 Å². The smallest absolute Gasteiger partial charge is 0.229 e. The van der Waals surface area contributed by atoms with Crippen LogP contribution in [0.15, 0.2) is 45.6 Å². The third-order valence-corrected chi connectivity index (χ3v) is 4.55. The number of para-hydroxylation sites is 1. The van der Waals surface area contributed by atoms with Crippen molar-refractivity contribution in [1.29, 1.82) is 0 Å². The van der Waals surface area contributed by atoms with Crippen LogP contribution in [0, 0.1) is 12.8 Å². The number of rotatable bonds is 5. The Kier molecular flexibility index (Phi) is 5.40. The van der Waals surface area contributed by atoms with Crippen molar-refractivity contribution in [2.24, 2.45) is 5.92 Å². The van der Waals surface area contributed by atoms with Crippen LogP contribution in [0.25, 0.3) is 22.1 Å². The monoisotopic (exact) mass is 381 g/mol. The van der Waals surface area contributed by atoms with E-state index in [1.807, 2.05) is 13.0 Å². The Bertz CT molecular complexity index is 1100. The van der Waals surface area contributed by atoms with Gasteiger partial charge in [-0.05, 0) is 36.2 Å². The summed E-state index contributed by atoms with van der Waals surface area (Å²) in [4.78, 5) is 25.7. The highest BCUT2D eigenvalue weighted by Crippen LogP contribution is 2.35. The summed E-state index contributed by atoms with van der Waals surface area (Å²) in [6.45, 7) is 5.40. The van der Waals surface area contributed by atoms with Crippen LogP contribution in [0.5, 0.6) is 11.5 Å². The second-order valence-corrected chi connectivity index (χ2v) is 6.80. The lowest BCUT2D eigenvalue weighted by molar-refractivity contribution is -0.119. The minimum atomic E-state index is -0.267. The average Bonchev–Trinajstić information content (AvgIpc) is 2.68. The Hall–Kier alpha value is -3.28. The highest BCUT2D eigenvalue weighted by molar-refractivity contribution is 5.97. The second-order valence-electron chi connectivity index (χ2n) is 6.80. The minimum absolute atomic E-state index is 0.123. The SMILES string of the molecule is COc1ccc(-c2c(NC(=O)C(C)C)oc3c(C)cccc3c2=O)cc1OC. The third-order valence-electron chi connectivity index (χ3n) is 4.55. The van der Waals surface area contributed by atoms with Crippen molar-refractivity contribution in [1.82, 2.24) is 0 Å². The van der Waals surface area contributed by atoms with E-state index in [0.29, 0.717) is 28.0 Å². The molecule has 3 aromatic rings. The number of ether oxygens (including phenoxy) is 2. The standard InChI is InChI=1S/C22H23NO5/c1-12(2)21(25)23-22-18(14-9-10-16(26-4)17(11-14)27-5)19(24)15-8-6-7-13(3)20(15)28-22/h6-12H,1-5H3,(H,23,25). The van der Waals surface area contributed by atoms with Crippen molar-refractivity contribution in [3.8, 4) is 22.6 Å². The molecule has 0 aliphatic rings. The maximum Gasteiger partial charge on any atom is 0.229 e. The van der Waals surface area contributed by atoms with Crippen LogP contribution in [-0.2, 0) is 4.79 Å². The zero-order chi connectivity index (χ0) is 20.4. The van der Waals surface area contributed by atoms with Gasteiger partial charge in [0.1, 0.15) is 5.58 Å². The van der Waals surface area contributed by atoms with E-state index < -0.39 is 0 Å². The van der Waals surface area contributed by atoms with Crippen LogP contribution < -0.4 is 20.2 Å². The molecule has 0 radical (unpaired) electrons. The van der Waals surface area contributed by atoms with E-state index >= 15 is 0 Å². The predicted octanol–water partition coefficient (Wildman–Crippen LogP) is 4.38. The molecule has 3 rings (SSSR count). The number of carbonyl (C=O) groups is 1. The summed E-state index contributed by atoms with van der Waals surface area (Å²) in [7, 11) is 3.06. The van der Waals surface area contributed by atoms with E-state index in [2.05, 4.69) is 5.32 Å². The summed E-state index contributed by atoms with van der Waals surface area (Å²) < 4.78 is 16.6. The number of benzene rings is 2. The van der Waals surface area contributed by atoms with Gasteiger partial charge in [-0.15, -0.1) is 0 Å². The van der Waals surface area contributed by atoms with Crippen LogP contribution >= 0.6 is 0 Å². The molecule has 0 atom stereocenters. The largest absolute Gasteiger partial charge is 0.493 e. The zero-order valence-corrected chi connectivity index (χ0v) is 16.6. The molecule has 0 spiro atoms. The van der Waals surface area contributed by atoms with E-state index in [1.165, 1.54) is 7.11 Å². The molecule has 0 saturated heterocycles. The first-order valence-electron chi connectivity index (χ1n) is 8.97. The van der Waals surface area contributed by atoms with Gasteiger partial charge in [0.05, 0.1) is 25.2 Å². The normalized spacial score (nSPS) is 10.9. The lowest BCUT2D eigenvalue weighted by Crippen LogP contribution is -2.20. The summed E-state index contributed by atoms with van der Waals surface area (Å²) in [5.74, 6) is 0.636. The second kappa shape index (κ2) is 7.76. The Morgan fingerprint density at radius 3 is 2.43 bits per heavy atom. The molecule has 1 aromatic heterocycles. The molecule has 28 heavy (non-hydrogen) atoms. The number of aryl methyl sites for hydroxylation is 1. The maximum absolute atomic E-state index is 13.3. The van der Waals surface area contributed by atoms with Gasteiger partial charge in [-0.25, -0.2) is 0 Å². The molecule has 1 N–H and O–H groups in total. The van der Waals surface area contributed by atoms with Crippen LogP contribution in [0.1, 0.15) is 19.4 Å². The van der Waals surface area contributed by atoms with Gasteiger partial charge in [0.15, 0.2) is 11.5 Å². The Labute approximate surface area is 163 Å². The number of nitrogens with one attached hydrogen (secondary N) is 1. The highest BCUT2D eigenvalue weighted by Gasteiger charge is 2.21. The van der Waals surface area contributed by atoms with Crippen molar-refractivity contribution in [2.75, 3.05) is 19.5 Å². The highest BCUT2D eigenvalue weighted by atomic mass is 16.5. The number of fused-ring (bicyclic) bond motifs is 1. The van der Waals surface area contributed by atoms with E-state index in [9.17, 15) is 9.59 Å². The fourth-order valence-electron chi connectivity index (χ4n) is 2.96. The van der Waals surface area contributed by atoms with Crippen molar-refractivity contribution in [2.45, 2.75) is 20.8 Å². The summed E-state index contributed by atoms with van der Waals surface area (Å²) in [6.07, 6.45) is 0. The first kappa shape index (κ1) is 19.5. The minimum Gasteiger partial charge on any atom is -0.493 e. The molecule has 6 heteroatoms. The molecule has 0 fully saturated rings. The first-order valence-corrected chi connectivity index (χ1v) is 8.97. The van der Waals surface area contributed by atoms with Crippen molar-refractivity contribution < 1.29 is 18.7 Å². The van der Waals surface area contributed by atoms with E-state index in [4.69, 9.17) is 13.9 Å². The topological polar surface area (TPSA) is 77.8 Å². The van der Waals surface area contributed by atoms with Gasteiger partial charge in [0, 0.05) is 5.92 Å². The Balaban J connectivity index is 2.32. The van der Waals surface area contributed by atoms with Gasteiger partial charge in [0.2, 0.25) is 17.2 Å². The summed E-state index contributed by atoms with van der Waals surface area (Å²) in [5.41, 5.74) is 1.88. The molecular weight excluding hydrogens is 358 g/mol. The third kappa shape index (κ3) is 3.45. The van der Waals surface area contributed by atoms with Crippen LogP contribution in [0.4, 0.5) is 5.88 Å². The molecule has 1 amide bonds. The number of hydrogen-bond acceptors (Lipinski definition) is 5. The molecule has 0 bridgehead atoms. The Morgan fingerprint density at radius 2 is 1.79 bits per heavy atom.